The van der Waals surface area contributed by atoms with Crippen LogP contribution in [-0.2, 0) is 11.2 Å². The van der Waals surface area contributed by atoms with Crippen LogP contribution in [0.15, 0.2) is 54.6 Å². The average Bonchev–Trinajstić information content (AvgIpc) is 3.08. The number of rotatable bonds is 5. The lowest BCUT2D eigenvalue weighted by molar-refractivity contribution is -0.129. The quantitative estimate of drug-likeness (QED) is 0.845. The monoisotopic (exact) mass is 359 g/mol. The van der Waals surface area contributed by atoms with Crippen LogP contribution in [0, 0.1) is 0 Å². The number of hydrogen-bond donors (Lipinski definition) is 1. The highest BCUT2D eigenvalue weighted by molar-refractivity contribution is 6.30. The molecule has 1 saturated heterocycles. The van der Waals surface area contributed by atoms with Crippen molar-refractivity contribution in [1.29, 1.82) is 0 Å². The Bertz CT molecular complexity index is 641. The highest BCUT2D eigenvalue weighted by Gasteiger charge is 2.28. The van der Waals surface area contributed by atoms with Gasteiger partial charge in [0, 0.05) is 24.6 Å². The Morgan fingerprint density at radius 1 is 1.12 bits per heavy atom. The predicted octanol–water partition coefficient (Wildman–Crippen LogP) is 4.63. The maximum atomic E-state index is 12.1. The second-order valence-electron chi connectivity index (χ2n) is 6.17. The van der Waals surface area contributed by atoms with E-state index >= 15 is 0 Å². The van der Waals surface area contributed by atoms with E-state index in [1.807, 2.05) is 54.3 Å². The number of amides is 1. The molecule has 1 aliphatic heterocycles. The number of benzene rings is 2. The molecule has 1 aliphatic rings. The lowest BCUT2D eigenvalue weighted by Crippen LogP contribution is -2.31. The Hall–Kier alpha value is -1.84. The van der Waals surface area contributed by atoms with Gasteiger partial charge in [-0.2, -0.15) is 0 Å². The van der Waals surface area contributed by atoms with Crippen molar-refractivity contribution < 1.29 is 9.90 Å². The zero-order chi connectivity index (χ0) is 18.1. The molecule has 0 spiro atoms. The van der Waals surface area contributed by atoms with Crippen molar-refractivity contribution >= 4 is 17.5 Å². The number of hydrogen-bond acceptors (Lipinski definition) is 2. The molecule has 0 aromatic heterocycles. The molecule has 3 rings (SSSR count). The number of likely N-dealkylation sites (tertiary alicyclic amines) is 1. The molecule has 3 nitrogen and oxygen atoms in total. The van der Waals surface area contributed by atoms with Gasteiger partial charge in [-0.15, -0.1) is 0 Å². The van der Waals surface area contributed by atoms with Gasteiger partial charge in [-0.1, -0.05) is 61.0 Å². The number of halogens is 1. The zero-order valence-corrected chi connectivity index (χ0v) is 15.5. The van der Waals surface area contributed by atoms with E-state index in [2.05, 4.69) is 12.1 Å². The van der Waals surface area contributed by atoms with Crippen LogP contribution in [-0.4, -0.2) is 29.1 Å². The van der Waals surface area contributed by atoms with Gasteiger partial charge in [-0.05, 0) is 42.5 Å². The highest BCUT2D eigenvalue weighted by Crippen LogP contribution is 2.29. The first kappa shape index (κ1) is 19.5. The summed E-state index contributed by atoms with van der Waals surface area (Å²) >= 11 is 5.95. The van der Waals surface area contributed by atoms with Crippen molar-refractivity contribution in [3.8, 4) is 0 Å². The van der Waals surface area contributed by atoms with Gasteiger partial charge in [0.05, 0.1) is 6.04 Å². The standard InChI is InChI=1S/C18H18ClNO.C3H8O/c19-16-10-8-14(9-11-16)13-17(15-5-2-1-3-6-15)20-12-4-7-18(20)21;1-2-3-4/h1-3,5-6,8-11,17H,4,7,12-13H2;4H,2-3H2,1H3. The molecule has 25 heavy (non-hydrogen) atoms. The van der Waals surface area contributed by atoms with Gasteiger partial charge in [-0.25, -0.2) is 0 Å². The molecule has 2 aromatic rings. The van der Waals surface area contributed by atoms with Crippen LogP contribution in [0.25, 0.3) is 0 Å². The Labute approximate surface area is 155 Å². The summed E-state index contributed by atoms with van der Waals surface area (Å²) in [5.74, 6) is 0.262. The predicted molar refractivity (Wildman–Crippen MR) is 103 cm³/mol. The van der Waals surface area contributed by atoms with E-state index in [0.717, 1.165) is 30.8 Å². The number of nitrogens with zero attached hydrogens (tertiary/aromatic N) is 1. The molecule has 1 heterocycles. The smallest absolute Gasteiger partial charge is 0.223 e. The minimum atomic E-state index is 0.113. The minimum absolute atomic E-state index is 0.113. The Morgan fingerprint density at radius 3 is 2.28 bits per heavy atom. The second kappa shape index (κ2) is 10.2. The van der Waals surface area contributed by atoms with E-state index in [1.165, 1.54) is 11.1 Å². The first-order chi connectivity index (χ1) is 12.2. The summed E-state index contributed by atoms with van der Waals surface area (Å²) < 4.78 is 0. The Kier molecular flexibility index (Phi) is 7.96. The lowest BCUT2D eigenvalue weighted by atomic mass is 9.97. The van der Waals surface area contributed by atoms with E-state index in [1.54, 1.807) is 0 Å². The molecule has 1 unspecified atom stereocenters. The van der Waals surface area contributed by atoms with Crippen molar-refractivity contribution in [3.05, 3.63) is 70.7 Å². The van der Waals surface area contributed by atoms with Gasteiger partial charge in [0.15, 0.2) is 0 Å². The van der Waals surface area contributed by atoms with Crippen molar-refractivity contribution in [1.82, 2.24) is 4.90 Å². The Balaban J connectivity index is 0.000000511. The third-order valence-electron chi connectivity index (χ3n) is 4.24. The van der Waals surface area contributed by atoms with Crippen molar-refractivity contribution in [3.63, 3.8) is 0 Å². The van der Waals surface area contributed by atoms with E-state index < -0.39 is 0 Å². The summed E-state index contributed by atoms with van der Waals surface area (Å²) in [6, 6.07) is 18.3. The molecule has 1 atom stereocenters. The van der Waals surface area contributed by atoms with Crippen LogP contribution >= 0.6 is 11.6 Å². The Morgan fingerprint density at radius 2 is 1.76 bits per heavy atom. The molecule has 4 heteroatoms. The van der Waals surface area contributed by atoms with Crippen LogP contribution in [0.5, 0.6) is 0 Å². The molecule has 134 valence electrons. The maximum Gasteiger partial charge on any atom is 0.223 e. The van der Waals surface area contributed by atoms with Crippen molar-refractivity contribution in [2.45, 2.75) is 38.6 Å². The normalized spacial score (nSPS) is 14.8. The molecule has 1 fully saturated rings. The van der Waals surface area contributed by atoms with Gasteiger partial charge in [0.25, 0.3) is 0 Å². The molecule has 1 amide bonds. The van der Waals surface area contributed by atoms with Crippen LogP contribution in [0.4, 0.5) is 0 Å². The van der Waals surface area contributed by atoms with E-state index in [4.69, 9.17) is 16.7 Å². The fourth-order valence-corrected chi connectivity index (χ4v) is 3.05. The van der Waals surface area contributed by atoms with Gasteiger partial charge in [-0.3, -0.25) is 4.79 Å². The van der Waals surface area contributed by atoms with Gasteiger partial charge >= 0.3 is 0 Å². The summed E-state index contributed by atoms with van der Waals surface area (Å²) in [4.78, 5) is 14.2. The van der Waals surface area contributed by atoms with E-state index in [9.17, 15) is 4.79 Å². The molecule has 0 aliphatic carbocycles. The van der Waals surface area contributed by atoms with Crippen LogP contribution in [0.2, 0.25) is 5.02 Å². The topological polar surface area (TPSA) is 40.5 Å². The summed E-state index contributed by atoms with van der Waals surface area (Å²) in [6.45, 7) is 3.10. The van der Waals surface area contributed by atoms with Crippen molar-refractivity contribution in [2.24, 2.45) is 0 Å². The molecular formula is C21H26ClNO2. The average molecular weight is 360 g/mol. The summed E-state index contributed by atoms with van der Waals surface area (Å²) in [6.07, 6.45) is 3.33. The van der Waals surface area contributed by atoms with Gasteiger partial charge in [0.1, 0.15) is 0 Å². The SMILES string of the molecule is CCCO.O=C1CCCN1C(Cc1ccc(Cl)cc1)c1ccccc1. The minimum Gasteiger partial charge on any atom is -0.396 e. The van der Waals surface area contributed by atoms with Gasteiger partial charge < -0.3 is 10.0 Å². The summed E-state index contributed by atoms with van der Waals surface area (Å²) in [7, 11) is 0. The van der Waals surface area contributed by atoms with Crippen LogP contribution in [0.1, 0.15) is 43.4 Å². The highest BCUT2D eigenvalue weighted by atomic mass is 35.5. The first-order valence-electron chi connectivity index (χ1n) is 8.85. The fraction of sp³-hybridized carbons (Fsp3) is 0.381. The molecule has 0 radical (unpaired) electrons. The van der Waals surface area contributed by atoms with Crippen molar-refractivity contribution in [2.75, 3.05) is 13.2 Å². The van der Waals surface area contributed by atoms with E-state index in [0.29, 0.717) is 13.0 Å². The molecule has 2 aromatic carbocycles. The van der Waals surface area contributed by atoms with E-state index in [-0.39, 0.29) is 11.9 Å². The number of carbonyl (C=O) groups excluding carboxylic acids is 1. The molecule has 0 bridgehead atoms. The maximum absolute atomic E-state index is 12.1. The number of carbonyl (C=O) groups is 1. The zero-order valence-electron chi connectivity index (χ0n) is 14.7. The summed E-state index contributed by atoms with van der Waals surface area (Å²) in [5, 5.41) is 8.62. The third kappa shape index (κ3) is 5.87. The first-order valence-corrected chi connectivity index (χ1v) is 9.23. The van der Waals surface area contributed by atoms with Crippen LogP contribution < -0.4 is 0 Å². The third-order valence-corrected chi connectivity index (χ3v) is 4.49. The van der Waals surface area contributed by atoms with Crippen LogP contribution in [0.3, 0.4) is 0 Å². The fourth-order valence-electron chi connectivity index (χ4n) is 2.93. The lowest BCUT2D eigenvalue weighted by Gasteiger charge is -2.28. The number of aliphatic hydroxyl groups is 1. The second-order valence-corrected chi connectivity index (χ2v) is 6.61. The number of aliphatic hydroxyl groups excluding tert-OH is 1. The molecule has 1 N–H and O–H groups in total. The summed E-state index contributed by atoms with van der Waals surface area (Å²) in [5.41, 5.74) is 2.40. The molecular weight excluding hydrogens is 334 g/mol. The van der Waals surface area contributed by atoms with Gasteiger partial charge in [0.2, 0.25) is 5.91 Å². The largest absolute Gasteiger partial charge is 0.396 e. The molecule has 0 saturated carbocycles.